The normalized spacial score (nSPS) is 20.8. The summed E-state index contributed by atoms with van der Waals surface area (Å²) in [6.07, 6.45) is 4.56. The zero-order valence-electron chi connectivity index (χ0n) is 13.6. The van der Waals surface area contributed by atoms with Crippen molar-refractivity contribution >= 4 is 17.7 Å². The molecule has 4 rings (SSSR count). The number of ether oxygens (including phenoxy) is 1. The number of hydrogen-bond acceptors (Lipinski definition) is 5. The van der Waals surface area contributed by atoms with Gasteiger partial charge in [-0.2, -0.15) is 5.26 Å². The van der Waals surface area contributed by atoms with E-state index in [2.05, 4.69) is 11.1 Å². The van der Waals surface area contributed by atoms with Crippen molar-refractivity contribution in [3.63, 3.8) is 0 Å². The molecule has 1 atom stereocenters. The number of nitriles is 1. The van der Waals surface area contributed by atoms with Crippen LogP contribution < -0.4 is 4.74 Å². The lowest BCUT2D eigenvalue weighted by atomic mass is 9.92. The molecule has 1 amide bonds. The first-order valence-electron chi connectivity index (χ1n) is 8.18. The molecule has 1 spiro atoms. The number of likely N-dealkylation sites (tertiary alicyclic amines) is 1. The highest BCUT2D eigenvalue weighted by molar-refractivity contribution is 8.01. The number of amides is 1. The van der Waals surface area contributed by atoms with Gasteiger partial charge >= 0.3 is 0 Å². The third kappa shape index (κ3) is 3.20. The van der Waals surface area contributed by atoms with Gasteiger partial charge in [-0.3, -0.25) is 9.78 Å². The zero-order valence-corrected chi connectivity index (χ0v) is 14.4. The predicted octanol–water partition coefficient (Wildman–Crippen LogP) is 2.73. The molecule has 3 heterocycles. The Kier molecular flexibility index (Phi) is 4.10. The van der Waals surface area contributed by atoms with Gasteiger partial charge in [-0.05, 0) is 30.3 Å². The summed E-state index contributed by atoms with van der Waals surface area (Å²) in [5.41, 5.74) is 1.10. The van der Waals surface area contributed by atoms with Gasteiger partial charge in [-0.15, -0.1) is 11.8 Å². The Hall–Kier alpha value is -2.52. The van der Waals surface area contributed by atoms with Crippen LogP contribution in [0.3, 0.4) is 0 Å². The van der Waals surface area contributed by atoms with E-state index in [9.17, 15) is 4.79 Å². The number of thioether (sulfide) groups is 1. The smallest absolute Gasteiger partial charge is 0.253 e. The number of carbonyl (C=O) groups excluding carboxylic acids is 1. The van der Waals surface area contributed by atoms with Crippen molar-refractivity contribution < 1.29 is 9.53 Å². The lowest BCUT2D eigenvalue weighted by molar-refractivity contribution is 0.0518. The molecule has 25 heavy (non-hydrogen) atoms. The average Bonchev–Trinajstić information content (AvgIpc) is 3.05. The SMILES string of the molecule is N#Cc1cccc(C(=O)N2CC3(CC(Oc4cccnc4)CS3)C2)c1. The molecule has 2 aliphatic rings. The largest absolute Gasteiger partial charge is 0.488 e. The summed E-state index contributed by atoms with van der Waals surface area (Å²) >= 11 is 1.89. The van der Waals surface area contributed by atoms with Crippen molar-refractivity contribution in [1.82, 2.24) is 9.88 Å². The third-order valence-corrected chi connectivity index (χ3v) is 6.17. The first-order valence-corrected chi connectivity index (χ1v) is 9.16. The van der Waals surface area contributed by atoms with Crippen molar-refractivity contribution in [2.75, 3.05) is 18.8 Å². The minimum absolute atomic E-state index is 0.0000438. The van der Waals surface area contributed by atoms with Gasteiger partial charge in [0.25, 0.3) is 5.91 Å². The second-order valence-electron chi connectivity index (χ2n) is 6.48. The maximum absolute atomic E-state index is 12.6. The molecule has 0 aliphatic carbocycles. The molecule has 2 saturated heterocycles. The van der Waals surface area contributed by atoms with Gasteiger partial charge in [0, 0.05) is 37.0 Å². The fourth-order valence-electron chi connectivity index (χ4n) is 3.41. The maximum Gasteiger partial charge on any atom is 0.253 e. The molecule has 2 fully saturated rings. The van der Waals surface area contributed by atoms with E-state index < -0.39 is 0 Å². The summed E-state index contributed by atoms with van der Waals surface area (Å²) in [5, 5.41) is 8.97. The van der Waals surface area contributed by atoms with Crippen LogP contribution in [0.15, 0.2) is 48.8 Å². The van der Waals surface area contributed by atoms with Crippen molar-refractivity contribution in [1.29, 1.82) is 5.26 Å². The van der Waals surface area contributed by atoms with Crippen LogP contribution in [0.2, 0.25) is 0 Å². The molecule has 2 aromatic rings. The van der Waals surface area contributed by atoms with Gasteiger partial charge in [0.05, 0.1) is 22.6 Å². The average molecular weight is 351 g/mol. The number of hydrogen-bond donors (Lipinski definition) is 0. The first-order chi connectivity index (χ1) is 12.2. The molecule has 1 aromatic carbocycles. The van der Waals surface area contributed by atoms with Gasteiger partial charge in [0.1, 0.15) is 11.9 Å². The topological polar surface area (TPSA) is 66.2 Å². The Balaban J connectivity index is 1.35. The molecule has 0 N–H and O–H groups in total. The van der Waals surface area contributed by atoms with Gasteiger partial charge < -0.3 is 9.64 Å². The summed E-state index contributed by atoms with van der Waals surface area (Å²) in [7, 11) is 0. The molecule has 126 valence electrons. The highest BCUT2D eigenvalue weighted by Crippen LogP contribution is 2.46. The van der Waals surface area contributed by atoms with Gasteiger partial charge in [0.2, 0.25) is 0 Å². The van der Waals surface area contributed by atoms with Crippen LogP contribution in [0.4, 0.5) is 0 Å². The van der Waals surface area contributed by atoms with Crippen LogP contribution in [0.5, 0.6) is 5.75 Å². The first kappa shape index (κ1) is 16.0. The molecule has 0 saturated carbocycles. The van der Waals surface area contributed by atoms with E-state index >= 15 is 0 Å². The number of rotatable bonds is 3. The molecular weight excluding hydrogens is 334 g/mol. The number of benzene rings is 1. The van der Waals surface area contributed by atoms with Crippen LogP contribution in [0.25, 0.3) is 0 Å². The molecular formula is C19H17N3O2S. The van der Waals surface area contributed by atoms with Crippen LogP contribution in [-0.2, 0) is 0 Å². The molecule has 2 aliphatic heterocycles. The second-order valence-corrected chi connectivity index (χ2v) is 7.97. The fourth-order valence-corrected chi connectivity index (χ4v) is 4.93. The summed E-state index contributed by atoms with van der Waals surface area (Å²) in [6, 6.07) is 12.8. The van der Waals surface area contributed by atoms with E-state index in [1.165, 1.54) is 0 Å². The fraction of sp³-hybridized carbons (Fsp3) is 0.316. The monoisotopic (exact) mass is 351 g/mol. The summed E-state index contributed by atoms with van der Waals surface area (Å²) < 4.78 is 6.10. The third-order valence-electron chi connectivity index (χ3n) is 4.60. The van der Waals surface area contributed by atoms with E-state index in [0.29, 0.717) is 11.1 Å². The molecule has 0 radical (unpaired) electrons. The van der Waals surface area contributed by atoms with Gasteiger partial charge in [-0.1, -0.05) is 6.07 Å². The van der Waals surface area contributed by atoms with Gasteiger partial charge in [0.15, 0.2) is 0 Å². The summed E-state index contributed by atoms with van der Waals surface area (Å²) in [4.78, 5) is 18.5. The lowest BCUT2D eigenvalue weighted by Gasteiger charge is -2.47. The van der Waals surface area contributed by atoms with Crippen LogP contribution in [-0.4, -0.2) is 45.5 Å². The van der Waals surface area contributed by atoms with Crippen molar-refractivity contribution in [2.24, 2.45) is 0 Å². The molecule has 1 aromatic heterocycles. The van der Waals surface area contributed by atoms with E-state index in [0.717, 1.165) is 31.0 Å². The molecule has 6 heteroatoms. The lowest BCUT2D eigenvalue weighted by Crippen LogP contribution is -2.60. The van der Waals surface area contributed by atoms with E-state index in [-0.39, 0.29) is 16.8 Å². The van der Waals surface area contributed by atoms with Crippen molar-refractivity contribution in [3.05, 3.63) is 59.9 Å². The van der Waals surface area contributed by atoms with Crippen LogP contribution >= 0.6 is 11.8 Å². The Morgan fingerprint density at radius 3 is 3.00 bits per heavy atom. The zero-order chi connectivity index (χ0) is 17.3. The standard InChI is InChI=1S/C19H17N3O2S/c20-9-14-3-1-4-15(7-14)18(23)22-12-19(13-22)8-17(11-25-19)24-16-5-2-6-21-10-16/h1-7,10,17H,8,11-13H2. The maximum atomic E-state index is 12.6. The van der Waals surface area contributed by atoms with Crippen molar-refractivity contribution in [2.45, 2.75) is 17.3 Å². The van der Waals surface area contributed by atoms with E-state index in [1.807, 2.05) is 28.8 Å². The van der Waals surface area contributed by atoms with Crippen LogP contribution in [0.1, 0.15) is 22.3 Å². The molecule has 5 nitrogen and oxygen atoms in total. The van der Waals surface area contributed by atoms with Crippen molar-refractivity contribution in [3.8, 4) is 11.8 Å². The minimum Gasteiger partial charge on any atom is -0.488 e. The van der Waals surface area contributed by atoms with Crippen LogP contribution in [0, 0.1) is 11.3 Å². The summed E-state index contributed by atoms with van der Waals surface area (Å²) in [6.45, 7) is 1.47. The highest BCUT2D eigenvalue weighted by atomic mass is 32.2. The highest BCUT2D eigenvalue weighted by Gasteiger charge is 2.51. The number of carbonyl (C=O) groups is 1. The van der Waals surface area contributed by atoms with E-state index in [1.54, 1.807) is 36.7 Å². The van der Waals surface area contributed by atoms with Gasteiger partial charge in [-0.25, -0.2) is 0 Å². The molecule has 0 bridgehead atoms. The quantitative estimate of drug-likeness (QED) is 0.851. The number of pyridine rings is 1. The second kappa shape index (κ2) is 6.41. The Bertz CT molecular complexity index is 828. The minimum atomic E-state index is -0.0000438. The molecule has 1 unspecified atom stereocenters. The predicted molar refractivity (Wildman–Crippen MR) is 95.5 cm³/mol. The van der Waals surface area contributed by atoms with E-state index in [4.69, 9.17) is 10.00 Å². The number of aromatic nitrogens is 1. The summed E-state index contributed by atoms with van der Waals surface area (Å²) in [5.74, 6) is 1.73. The Morgan fingerprint density at radius 1 is 1.36 bits per heavy atom. The Morgan fingerprint density at radius 2 is 2.24 bits per heavy atom. The number of nitrogens with zero attached hydrogens (tertiary/aromatic N) is 3. The Labute approximate surface area is 150 Å².